The molecule has 0 saturated carbocycles. The summed E-state index contributed by atoms with van der Waals surface area (Å²) in [6.07, 6.45) is 4.03. The largest absolute Gasteiger partial charge is 0.0985 e. The van der Waals surface area contributed by atoms with E-state index in [1.165, 1.54) is 33.0 Å². The minimum absolute atomic E-state index is 1.09. The second-order valence-corrected chi connectivity index (χ2v) is 6.01. The molecular weight excluding hydrogens is 312 g/mol. The Bertz CT molecular complexity index is 937. The summed E-state index contributed by atoms with van der Waals surface area (Å²) >= 11 is 0. The van der Waals surface area contributed by atoms with Crippen LogP contribution in [0.4, 0.5) is 0 Å². The predicted molar refractivity (Wildman–Crippen MR) is 119 cm³/mol. The third kappa shape index (κ3) is 3.86. The molecule has 0 heterocycles. The van der Waals surface area contributed by atoms with Gasteiger partial charge in [-0.15, -0.1) is 0 Å². The third-order valence-corrected chi connectivity index (χ3v) is 4.45. The lowest BCUT2D eigenvalue weighted by Crippen LogP contribution is -1.88. The van der Waals surface area contributed by atoms with Crippen molar-refractivity contribution in [3.05, 3.63) is 97.1 Å². The average Bonchev–Trinajstić information content (AvgIpc) is 2.70. The van der Waals surface area contributed by atoms with E-state index >= 15 is 0 Å². The van der Waals surface area contributed by atoms with Crippen molar-refractivity contribution in [2.24, 2.45) is 0 Å². The van der Waals surface area contributed by atoms with E-state index < -0.39 is 0 Å². The highest BCUT2D eigenvalue weighted by Crippen LogP contribution is 2.34. The van der Waals surface area contributed by atoms with Crippen LogP contribution in [0.5, 0.6) is 0 Å². The van der Waals surface area contributed by atoms with Crippen LogP contribution in [-0.2, 0) is 0 Å². The number of hydrogen-bond acceptors (Lipinski definition) is 0. The zero-order valence-electron chi connectivity index (χ0n) is 16.3. The van der Waals surface area contributed by atoms with E-state index in [1.54, 1.807) is 0 Å². The maximum Gasteiger partial charge on any atom is -0.00992 e. The summed E-state index contributed by atoms with van der Waals surface area (Å²) in [5, 5.41) is 2.52. The molecule has 0 radical (unpaired) electrons. The van der Waals surface area contributed by atoms with Crippen LogP contribution in [-0.4, -0.2) is 0 Å². The van der Waals surface area contributed by atoms with Gasteiger partial charge in [-0.2, -0.15) is 0 Å². The van der Waals surface area contributed by atoms with E-state index in [0.29, 0.717) is 0 Å². The van der Waals surface area contributed by atoms with Gasteiger partial charge in [-0.1, -0.05) is 105 Å². The lowest BCUT2D eigenvalue weighted by Gasteiger charge is -2.13. The first-order valence-corrected chi connectivity index (χ1v) is 9.23. The zero-order valence-corrected chi connectivity index (χ0v) is 16.3. The summed E-state index contributed by atoms with van der Waals surface area (Å²) < 4.78 is 0. The SMILES string of the molecule is C=C/C(=C\C)c1ccc(-c2ccc(C(=C)C)cc2)c2ccccc12.CC. The topological polar surface area (TPSA) is 0 Å². The molecule has 132 valence electrons. The third-order valence-electron chi connectivity index (χ3n) is 4.45. The lowest BCUT2D eigenvalue weighted by molar-refractivity contribution is 1.50. The van der Waals surface area contributed by atoms with Crippen molar-refractivity contribution in [2.75, 3.05) is 0 Å². The number of fused-ring (bicyclic) bond motifs is 1. The van der Waals surface area contributed by atoms with Gasteiger partial charge in [0.1, 0.15) is 0 Å². The Morgan fingerprint density at radius 1 is 0.846 bits per heavy atom. The van der Waals surface area contributed by atoms with Gasteiger partial charge in [0.25, 0.3) is 0 Å². The highest BCUT2D eigenvalue weighted by molar-refractivity contribution is 6.03. The second kappa shape index (κ2) is 9.01. The Hall–Kier alpha value is -2.86. The molecule has 0 aliphatic heterocycles. The summed E-state index contributed by atoms with van der Waals surface area (Å²) in [7, 11) is 0. The van der Waals surface area contributed by atoms with Crippen molar-refractivity contribution >= 4 is 21.9 Å². The molecule has 0 saturated heterocycles. The van der Waals surface area contributed by atoms with E-state index in [9.17, 15) is 0 Å². The number of allylic oxidation sites excluding steroid dienone is 4. The number of benzene rings is 3. The van der Waals surface area contributed by atoms with Gasteiger partial charge in [0, 0.05) is 0 Å². The van der Waals surface area contributed by atoms with Crippen molar-refractivity contribution in [1.82, 2.24) is 0 Å². The van der Waals surface area contributed by atoms with Crippen LogP contribution in [0.15, 0.2) is 86.0 Å². The van der Waals surface area contributed by atoms with E-state index in [2.05, 4.69) is 86.8 Å². The molecule has 0 aliphatic rings. The fourth-order valence-corrected chi connectivity index (χ4v) is 3.12. The summed E-state index contributed by atoms with van der Waals surface area (Å²) in [6, 6.07) is 21.6. The molecule has 0 spiro atoms. The number of hydrogen-bond donors (Lipinski definition) is 0. The first-order valence-electron chi connectivity index (χ1n) is 9.23. The van der Waals surface area contributed by atoms with E-state index in [4.69, 9.17) is 0 Å². The van der Waals surface area contributed by atoms with Crippen LogP contribution in [0.25, 0.3) is 33.0 Å². The number of rotatable bonds is 4. The lowest BCUT2D eigenvalue weighted by atomic mass is 9.91. The van der Waals surface area contributed by atoms with Crippen LogP contribution in [0.1, 0.15) is 38.8 Å². The van der Waals surface area contributed by atoms with Gasteiger partial charge >= 0.3 is 0 Å². The van der Waals surface area contributed by atoms with Crippen LogP contribution in [0.2, 0.25) is 0 Å². The van der Waals surface area contributed by atoms with Gasteiger partial charge in [0.05, 0.1) is 0 Å². The molecule has 0 bridgehead atoms. The Morgan fingerprint density at radius 3 is 2.00 bits per heavy atom. The molecule has 0 aliphatic carbocycles. The maximum absolute atomic E-state index is 4.01. The highest BCUT2D eigenvalue weighted by Gasteiger charge is 2.09. The Labute approximate surface area is 158 Å². The van der Waals surface area contributed by atoms with Crippen molar-refractivity contribution in [3.63, 3.8) is 0 Å². The summed E-state index contributed by atoms with van der Waals surface area (Å²) in [5.41, 5.74) is 7.14. The molecule has 0 fully saturated rings. The van der Waals surface area contributed by atoms with Crippen LogP contribution in [0, 0.1) is 0 Å². The smallest absolute Gasteiger partial charge is 0.00992 e. The van der Waals surface area contributed by atoms with E-state index in [1.807, 2.05) is 26.8 Å². The Kier molecular flexibility index (Phi) is 6.74. The second-order valence-electron chi connectivity index (χ2n) is 6.01. The first-order chi connectivity index (χ1) is 12.7. The van der Waals surface area contributed by atoms with Crippen molar-refractivity contribution in [1.29, 1.82) is 0 Å². The molecule has 0 heteroatoms. The summed E-state index contributed by atoms with van der Waals surface area (Å²) in [6.45, 7) is 16.0. The first kappa shape index (κ1) is 19.5. The highest BCUT2D eigenvalue weighted by atomic mass is 14.1. The van der Waals surface area contributed by atoms with Crippen LogP contribution >= 0.6 is 0 Å². The molecule has 3 aromatic rings. The molecule has 0 aromatic heterocycles. The van der Waals surface area contributed by atoms with Gasteiger partial charge in [0.15, 0.2) is 0 Å². The van der Waals surface area contributed by atoms with Gasteiger partial charge in [-0.3, -0.25) is 0 Å². The Balaban J connectivity index is 0.00000117. The predicted octanol–water partition coefficient (Wildman–Crippen LogP) is 8.16. The fourth-order valence-electron chi connectivity index (χ4n) is 3.12. The minimum Gasteiger partial charge on any atom is -0.0985 e. The van der Waals surface area contributed by atoms with Crippen LogP contribution < -0.4 is 0 Å². The summed E-state index contributed by atoms with van der Waals surface area (Å²) in [5.74, 6) is 0. The molecule has 0 amide bonds. The van der Waals surface area contributed by atoms with Gasteiger partial charge in [-0.05, 0) is 52.4 Å². The molecule has 3 rings (SSSR count). The maximum atomic E-state index is 4.01. The molecule has 0 unspecified atom stereocenters. The normalized spacial score (nSPS) is 10.8. The molecule has 0 atom stereocenters. The average molecular weight is 341 g/mol. The molecule has 0 nitrogen and oxygen atoms in total. The molecule has 0 N–H and O–H groups in total. The van der Waals surface area contributed by atoms with Crippen molar-refractivity contribution in [3.8, 4) is 11.1 Å². The molecule has 26 heavy (non-hydrogen) atoms. The fraction of sp³-hybridized carbons (Fsp3) is 0.154. The van der Waals surface area contributed by atoms with Gasteiger partial charge < -0.3 is 0 Å². The van der Waals surface area contributed by atoms with Crippen molar-refractivity contribution in [2.45, 2.75) is 27.7 Å². The molecular formula is C26H28. The monoisotopic (exact) mass is 340 g/mol. The van der Waals surface area contributed by atoms with Gasteiger partial charge in [0.2, 0.25) is 0 Å². The zero-order chi connectivity index (χ0) is 19.1. The van der Waals surface area contributed by atoms with Crippen molar-refractivity contribution < 1.29 is 0 Å². The van der Waals surface area contributed by atoms with Crippen LogP contribution in [0.3, 0.4) is 0 Å². The standard InChI is InChI=1S/C24H22.C2H6/c1-5-18(6-2)21-15-16-22(24-10-8-7-9-23(21)24)20-13-11-19(12-14-20)17(3)4;1-2/h5-16H,1,3H2,2,4H3;1-2H3/b18-6+;. The quantitative estimate of drug-likeness (QED) is 0.420. The Morgan fingerprint density at radius 2 is 1.46 bits per heavy atom. The van der Waals surface area contributed by atoms with E-state index in [-0.39, 0.29) is 0 Å². The molecule has 3 aromatic carbocycles. The van der Waals surface area contributed by atoms with Gasteiger partial charge in [-0.25, -0.2) is 0 Å². The van der Waals surface area contributed by atoms with E-state index in [0.717, 1.165) is 11.1 Å². The minimum atomic E-state index is 1.09. The summed E-state index contributed by atoms with van der Waals surface area (Å²) in [4.78, 5) is 0.